The van der Waals surface area contributed by atoms with Crippen molar-refractivity contribution in [2.24, 2.45) is 11.8 Å². The summed E-state index contributed by atoms with van der Waals surface area (Å²) in [6.45, 7) is 6.40. The number of carboxylic acid groups (broad SMARTS) is 1. The van der Waals surface area contributed by atoms with Crippen LogP contribution in [-0.4, -0.2) is 70.8 Å². The van der Waals surface area contributed by atoms with Crippen molar-refractivity contribution in [3.63, 3.8) is 0 Å². The minimum absolute atomic E-state index is 0.0142. The fraction of sp³-hybridized carbons (Fsp3) is 0.750. The molecular weight excluding hydrogens is 392 g/mol. The van der Waals surface area contributed by atoms with Gasteiger partial charge in [-0.25, -0.2) is 4.79 Å². The number of nitrogens with zero attached hydrogens (tertiary/aromatic N) is 1. The summed E-state index contributed by atoms with van der Waals surface area (Å²) in [5.41, 5.74) is -0.379. The van der Waals surface area contributed by atoms with Gasteiger partial charge in [0.1, 0.15) is 12.3 Å². The maximum absolute atomic E-state index is 12.5. The molecule has 10 heteroatoms. The molecule has 0 radical (unpaired) electrons. The molecule has 0 bridgehead atoms. The summed E-state index contributed by atoms with van der Waals surface area (Å²) in [6, 6.07) is -1.85. The zero-order valence-corrected chi connectivity index (χ0v) is 17.8. The molecule has 0 aromatic rings. The van der Waals surface area contributed by atoms with Crippen LogP contribution in [0.2, 0.25) is 0 Å². The Bertz CT molecular complexity index is 687. The summed E-state index contributed by atoms with van der Waals surface area (Å²) >= 11 is 0. The topological polar surface area (TPSA) is 145 Å². The molecule has 3 atom stereocenters. The van der Waals surface area contributed by atoms with Crippen molar-refractivity contribution in [1.29, 1.82) is 0 Å². The van der Waals surface area contributed by atoms with E-state index in [1.54, 1.807) is 4.90 Å². The van der Waals surface area contributed by atoms with Gasteiger partial charge in [0, 0.05) is 31.5 Å². The fourth-order valence-corrected chi connectivity index (χ4v) is 4.34. The number of hydrogen-bond donors (Lipinski definition) is 4. The highest BCUT2D eigenvalue weighted by Gasteiger charge is 2.46. The molecule has 10 nitrogen and oxygen atoms in total. The number of carbonyl (C=O) groups excluding carboxylic acids is 4. The lowest BCUT2D eigenvalue weighted by atomic mass is 9.82. The molecule has 4 N–H and O–H groups in total. The van der Waals surface area contributed by atoms with E-state index in [2.05, 4.69) is 16.0 Å². The number of aldehydes is 1. The number of carbonyl (C=O) groups is 5. The van der Waals surface area contributed by atoms with Crippen molar-refractivity contribution in [3.05, 3.63) is 0 Å². The predicted molar refractivity (Wildman–Crippen MR) is 107 cm³/mol. The van der Waals surface area contributed by atoms with Crippen molar-refractivity contribution < 1.29 is 29.1 Å². The first kappa shape index (κ1) is 23.6. The predicted octanol–water partition coefficient (Wildman–Crippen LogP) is 0.260. The summed E-state index contributed by atoms with van der Waals surface area (Å²) < 4.78 is 0. The average Bonchev–Trinajstić information content (AvgIpc) is 2.94. The first-order valence-corrected chi connectivity index (χ1v) is 10.4. The number of rotatable bonds is 8. The van der Waals surface area contributed by atoms with Gasteiger partial charge in [0.2, 0.25) is 17.7 Å². The third-order valence-corrected chi connectivity index (χ3v) is 5.91. The molecule has 2 aliphatic rings. The zero-order chi connectivity index (χ0) is 22.5. The monoisotopic (exact) mass is 424 g/mol. The fourth-order valence-electron chi connectivity index (χ4n) is 4.34. The minimum atomic E-state index is -1.31. The van der Waals surface area contributed by atoms with Crippen molar-refractivity contribution in [2.45, 2.75) is 70.5 Å². The molecule has 2 saturated heterocycles. The summed E-state index contributed by atoms with van der Waals surface area (Å²) in [5.74, 6) is -1.08. The maximum Gasteiger partial charge on any atom is 0.405 e. The number of nitrogens with one attached hydrogen (secondary N) is 3. The molecule has 4 amide bonds. The van der Waals surface area contributed by atoms with Gasteiger partial charge in [-0.05, 0) is 38.0 Å². The van der Waals surface area contributed by atoms with Gasteiger partial charge in [0.15, 0.2) is 0 Å². The smallest absolute Gasteiger partial charge is 0.405 e. The highest BCUT2D eigenvalue weighted by atomic mass is 16.4. The lowest BCUT2D eigenvalue weighted by molar-refractivity contribution is -0.130. The second-order valence-electron chi connectivity index (χ2n) is 8.80. The van der Waals surface area contributed by atoms with Crippen LogP contribution in [0.25, 0.3) is 0 Å². The molecular formula is C20H32N4O6. The summed E-state index contributed by atoms with van der Waals surface area (Å²) in [7, 11) is 0. The summed E-state index contributed by atoms with van der Waals surface area (Å²) in [6.07, 6.45) is 1.58. The Morgan fingerprint density at radius 2 is 1.90 bits per heavy atom. The molecule has 0 saturated carbocycles. The van der Waals surface area contributed by atoms with Crippen LogP contribution in [0, 0.1) is 11.8 Å². The van der Waals surface area contributed by atoms with Gasteiger partial charge in [0.25, 0.3) is 0 Å². The minimum Gasteiger partial charge on any atom is -0.465 e. The van der Waals surface area contributed by atoms with Crippen LogP contribution in [-0.2, 0) is 19.2 Å². The lowest BCUT2D eigenvalue weighted by Crippen LogP contribution is -2.51. The SMILES string of the molecule is CC(=O)N1CCC2(CC1)CC(CC(C=O)NC(=O)[C@H](CC(C)C)NC(=O)O)C(=O)N2. The van der Waals surface area contributed by atoms with Crippen molar-refractivity contribution in [3.8, 4) is 0 Å². The van der Waals surface area contributed by atoms with Gasteiger partial charge in [-0.3, -0.25) is 14.4 Å². The molecule has 0 aromatic carbocycles. The van der Waals surface area contributed by atoms with Crippen LogP contribution < -0.4 is 16.0 Å². The third kappa shape index (κ3) is 6.17. The average molecular weight is 424 g/mol. The van der Waals surface area contributed by atoms with Crippen molar-refractivity contribution >= 4 is 30.1 Å². The first-order chi connectivity index (χ1) is 14.0. The van der Waals surface area contributed by atoms with Crippen LogP contribution in [0.5, 0.6) is 0 Å². The van der Waals surface area contributed by atoms with Crippen LogP contribution >= 0.6 is 0 Å². The van der Waals surface area contributed by atoms with Gasteiger partial charge in [-0.1, -0.05) is 13.8 Å². The highest BCUT2D eigenvalue weighted by Crippen LogP contribution is 2.36. The van der Waals surface area contributed by atoms with Crippen LogP contribution in [0.4, 0.5) is 4.79 Å². The molecule has 0 aromatic heterocycles. The second-order valence-corrected chi connectivity index (χ2v) is 8.80. The molecule has 0 aliphatic carbocycles. The largest absolute Gasteiger partial charge is 0.465 e. The Labute approximate surface area is 176 Å². The van der Waals surface area contributed by atoms with E-state index in [1.807, 2.05) is 13.8 Å². The molecule has 30 heavy (non-hydrogen) atoms. The number of hydrogen-bond acceptors (Lipinski definition) is 5. The van der Waals surface area contributed by atoms with Crippen LogP contribution in [0.1, 0.15) is 52.9 Å². The summed E-state index contributed by atoms with van der Waals surface area (Å²) in [5, 5.41) is 16.8. The molecule has 2 rings (SSSR count). The van der Waals surface area contributed by atoms with Gasteiger partial charge in [-0.2, -0.15) is 0 Å². The first-order valence-electron chi connectivity index (χ1n) is 10.4. The Morgan fingerprint density at radius 1 is 1.27 bits per heavy atom. The highest BCUT2D eigenvalue weighted by molar-refractivity contribution is 5.88. The van der Waals surface area contributed by atoms with E-state index in [0.717, 1.165) is 0 Å². The zero-order valence-electron chi connectivity index (χ0n) is 17.8. The standard InChI is InChI=1S/C20H32N4O6/c1-12(2)8-16(22-19(29)30)18(28)21-15(11-25)9-14-10-20(23-17(14)27)4-6-24(7-5-20)13(3)26/h11-12,14-16,22H,4-10H2,1-3H3,(H,21,28)(H,23,27)(H,29,30)/t14?,15?,16-/m0/s1. The van der Waals surface area contributed by atoms with Gasteiger partial charge in [-0.15, -0.1) is 0 Å². The third-order valence-electron chi connectivity index (χ3n) is 5.91. The lowest BCUT2D eigenvalue weighted by Gasteiger charge is -2.39. The molecule has 2 unspecified atom stereocenters. The molecule has 2 fully saturated rings. The normalized spacial score (nSPS) is 22.3. The summed E-state index contributed by atoms with van der Waals surface area (Å²) in [4.78, 5) is 60.8. The van der Waals surface area contributed by atoms with E-state index >= 15 is 0 Å². The number of piperidine rings is 1. The van der Waals surface area contributed by atoms with Crippen LogP contribution in [0.3, 0.4) is 0 Å². The van der Waals surface area contributed by atoms with Gasteiger partial charge in [0.05, 0.1) is 6.04 Å². The molecule has 1 spiro atoms. The van der Waals surface area contributed by atoms with Crippen molar-refractivity contribution in [2.75, 3.05) is 13.1 Å². The quantitative estimate of drug-likeness (QED) is 0.411. The van der Waals surface area contributed by atoms with Gasteiger partial charge >= 0.3 is 6.09 Å². The van der Waals surface area contributed by atoms with E-state index in [4.69, 9.17) is 5.11 Å². The van der Waals surface area contributed by atoms with E-state index in [9.17, 15) is 24.0 Å². The van der Waals surface area contributed by atoms with E-state index in [1.165, 1.54) is 6.92 Å². The van der Waals surface area contributed by atoms with E-state index in [-0.39, 0.29) is 29.7 Å². The number of likely N-dealkylation sites (tertiary alicyclic amines) is 1. The van der Waals surface area contributed by atoms with Crippen LogP contribution in [0.15, 0.2) is 0 Å². The van der Waals surface area contributed by atoms with E-state index in [0.29, 0.717) is 45.1 Å². The Balaban J connectivity index is 1.95. The Kier molecular flexibility index (Phi) is 7.80. The Hall–Kier alpha value is -2.65. The molecule has 2 heterocycles. The molecule has 168 valence electrons. The second kappa shape index (κ2) is 9.90. The van der Waals surface area contributed by atoms with Gasteiger partial charge < -0.3 is 30.8 Å². The van der Waals surface area contributed by atoms with Crippen molar-refractivity contribution in [1.82, 2.24) is 20.9 Å². The molecule has 2 aliphatic heterocycles. The van der Waals surface area contributed by atoms with E-state index < -0.39 is 30.0 Å². The maximum atomic E-state index is 12.5. The number of amides is 4. The Morgan fingerprint density at radius 3 is 2.40 bits per heavy atom.